The van der Waals surface area contributed by atoms with E-state index in [0.29, 0.717) is 17.5 Å². The second-order valence-corrected chi connectivity index (χ2v) is 14.4. The largest absolute Gasteiger partial charge is 0.309 e. The number of rotatable bonds is 4. The van der Waals surface area contributed by atoms with Crippen LogP contribution in [0.3, 0.4) is 0 Å². The third-order valence-corrected chi connectivity index (χ3v) is 11.3. The van der Waals surface area contributed by atoms with Gasteiger partial charge in [0.25, 0.3) is 0 Å². The van der Waals surface area contributed by atoms with Crippen LogP contribution in [0.2, 0.25) is 0 Å². The Morgan fingerprint density at radius 2 is 0.804 bits per heavy atom. The van der Waals surface area contributed by atoms with E-state index in [1.54, 1.807) is 0 Å². The molecule has 8 aromatic carbocycles. The second-order valence-electron chi connectivity index (χ2n) is 14.4. The SMILES string of the molecule is c1ccc(-c2nc(-c3ccccc3)nc(-c3ccc(-n4c5ccccc5c5ccc6c(c54)-c4cccc5c7ccccc7n(c45)-c4ccccc4-6)cc3)n2)cc1. The number of fused-ring (bicyclic) bond motifs is 12. The normalized spacial score (nSPS) is 11.9. The van der Waals surface area contributed by atoms with Crippen molar-refractivity contribution >= 4 is 43.6 Å². The van der Waals surface area contributed by atoms with E-state index in [1.165, 1.54) is 66.0 Å². The van der Waals surface area contributed by atoms with Gasteiger partial charge in [-0.1, -0.05) is 146 Å². The van der Waals surface area contributed by atoms with Gasteiger partial charge in [-0.3, -0.25) is 0 Å². The van der Waals surface area contributed by atoms with Gasteiger partial charge in [0.05, 0.1) is 27.8 Å². The first kappa shape index (κ1) is 30.8. The van der Waals surface area contributed by atoms with Gasteiger partial charge >= 0.3 is 0 Å². The zero-order chi connectivity index (χ0) is 36.7. The number of benzene rings is 8. The van der Waals surface area contributed by atoms with Gasteiger partial charge in [-0.05, 0) is 48.0 Å². The van der Waals surface area contributed by atoms with Gasteiger partial charge in [0.15, 0.2) is 17.5 Å². The summed E-state index contributed by atoms with van der Waals surface area (Å²) in [6.45, 7) is 0. The zero-order valence-electron chi connectivity index (χ0n) is 30.1. The van der Waals surface area contributed by atoms with Gasteiger partial charge in [0.2, 0.25) is 0 Å². The van der Waals surface area contributed by atoms with Gasteiger partial charge < -0.3 is 9.13 Å². The lowest BCUT2D eigenvalue weighted by molar-refractivity contribution is 1.07. The summed E-state index contributed by atoms with van der Waals surface area (Å²) in [6.07, 6.45) is 0. The number of nitrogens with zero attached hydrogens (tertiary/aromatic N) is 5. The summed E-state index contributed by atoms with van der Waals surface area (Å²) in [5.74, 6) is 1.93. The Hall–Kier alpha value is -7.63. The topological polar surface area (TPSA) is 48.5 Å². The molecule has 0 saturated carbocycles. The molecule has 0 N–H and O–H groups in total. The first-order valence-electron chi connectivity index (χ1n) is 19.0. The molecule has 0 atom stereocenters. The van der Waals surface area contributed by atoms with Gasteiger partial charge in [-0.2, -0.15) is 0 Å². The van der Waals surface area contributed by atoms with Crippen LogP contribution in [0, 0.1) is 0 Å². The molecule has 1 aliphatic heterocycles. The Morgan fingerprint density at radius 3 is 1.46 bits per heavy atom. The molecular formula is C51H31N5. The van der Waals surface area contributed by atoms with Gasteiger partial charge in [-0.25, -0.2) is 15.0 Å². The fourth-order valence-electron chi connectivity index (χ4n) is 8.89. The lowest BCUT2D eigenvalue weighted by Crippen LogP contribution is -2.01. The van der Waals surface area contributed by atoms with E-state index in [0.717, 1.165) is 27.9 Å². The van der Waals surface area contributed by atoms with Crippen LogP contribution in [0.15, 0.2) is 188 Å². The van der Waals surface area contributed by atoms with E-state index < -0.39 is 0 Å². The number of hydrogen-bond donors (Lipinski definition) is 0. The molecule has 5 nitrogen and oxygen atoms in total. The summed E-state index contributed by atoms with van der Waals surface area (Å²) in [6, 6.07) is 66.8. The molecule has 0 radical (unpaired) electrons. The fourth-order valence-corrected chi connectivity index (χ4v) is 8.89. The van der Waals surface area contributed by atoms with Gasteiger partial charge in [0.1, 0.15) is 0 Å². The maximum Gasteiger partial charge on any atom is 0.164 e. The summed E-state index contributed by atoms with van der Waals surface area (Å²) in [7, 11) is 0. The predicted molar refractivity (Wildman–Crippen MR) is 229 cm³/mol. The average Bonchev–Trinajstić information content (AvgIpc) is 3.75. The Kier molecular flexibility index (Phi) is 6.56. The lowest BCUT2D eigenvalue weighted by Gasteiger charge is -2.16. The van der Waals surface area contributed by atoms with E-state index in [1.807, 2.05) is 60.7 Å². The molecule has 3 aromatic heterocycles. The Morgan fingerprint density at radius 1 is 0.304 bits per heavy atom. The van der Waals surface area contributed by atoms with E-state index in [2.05, 4.69) is 137 Å². The Balaban J connectivity index is 1.12. The summed E-state index contributed by atoms with van der Waals surface area (Å²) in [5.41, 5.74) is 14.8. The van der Waals surface area contributed by atoms with Crippen molar-refractivity contribution in [1.29, 1.82) is 0 Å². The zero-order valence-corrected chi connectivity index (χ0v) is 30.1. The van der Waals surface area contributed by atoms with Crippen molar-refractivity contribution in [3.63, 3.8) is 0 Å². The van der Waals surface area contributed by atoms with Crippen molar-refractivity contribution in [2.45, 2.75) is 0 Å². The molecule has 0 spiro atoms. The molecule has 0 unspecified atom stereocenters. The van der Waals surface area contributed by atoms with E-state index in [4.69, 9.17) is 15.0 Å². The van der Waals surface area contributed by atoms with Crippen LogP contribution < -0.4 is 0 Å². The van der Waals surface area contributed by atoms with E-state index >= 15 is 0 Å². The van der Waals surface area contributed by atoms with Crippen molar-refractivity contribution in [3.05, 3.63) is 188 Å². The summed E-state index contributed by atoms with van der Waals surface area (Å²) in [5, 5.41) is 4.96. The van der Waals surface area contributed by atoms with Crippen molar-refractivity contribution in [3.8, 4) is 67.8 Å². The van der Waals surface area contributed by atoms with Crippen LogP contribution in [0.4, 0.5) is 0 Å². The van der Waals surface area contributed by atoms with Crippen LogP contribution >= 0.6 is 0 Å². The highest BCUT2D eigenvalue weighted by molar-refractivity contribution is 6.22. The average molecular weight is 714 g/mol. The molecule has 1 aliphatic rings. The third-order valence-electron chi connectivity index (χ3n) is 11.3. The van der Waals surface area contributed by atoms with Crippen LogP contribution in [0.25, 0.3) is 111 Å². The van der Waals surface area contributed by atoms with Crippen molar-refractivity contribution in [1.82, 2.24) is 24.1 Å². The molecule has 0 amide bonds. The number of para-hydroxylation sites is 4. The second kappa shape index (κ2) is 11.9. The molecule has 11 aromatic rings. The van der Waals surface area contributed by atoms with Crippen LogP contribution in [-0.4, -0.2) is 24.1 Å². The fraction of sp³-hybridized carbons (Fsp3) is 0. The highest BCUT2D eigenvalue weighted by Gasteiger charge is 2.28. The maximum absolute atomic E-state index is 5.01. The Bertz CT molecular complexity index is 3280. The van der Waals surface area contributed by atoms with Crippen molar-refractivity contribution in [2.75, 3.05) is 0 Å². The minimum absolute atomic E-state index is 0.636. The summed E-state index contributed by atoms with van der Waals surface area (Å²) < 4.78 is 4.93. The van der Waals surface area contributed by atoms with E-state index in [-0.39, 0.29) is 0 Å². The predicted octanol–water partition coefficient (Wildman–Crippen LogP) is 12.7. The standard InChI is InChI=1S/C51H31N5/c1-3-14-32(15-4-1)49-52-50(33-16-5-2-6-17-33)54-51(53-49)34-26-28-35(29-27-34)55-43-23-10-8-20-38(43)41-31-30-39-36-18-7-11-24-44(36)56-45-25-12-9-19-37(45)40-21-13-22-42(47(40)56)46(39)48(41)55/h1-31H. The van der Waals surface area contributed by atoms with Crippen LogP contribution in [-0.2, 0) is 0 Å². The molecule has 5 heteroatoms. The van der Waals surface area contributed by atoms with Crippen molar-refractivity contribution < 1.29 is 0 Å². The molecule has 0 aliphatic carbocycles. The van der Waals surface area contributed by atoms with Crippen LogP contribution in [0.1, 0.15) is 0 Å². The smallest absolute Gasteiger partial charge is 0.164 e. The quantitative estimate of drug-likeness (QED) is 0.182. The molecule has 4 heterocycles. The minimum atomic E-state index is 0.636. The first-order valence-corrected chi connectivity index (χ1v) is 19.0. The van der Waals surface area contributed by atoms with Gasteiger partial charge in [-0.15, -0.1) is 0 Å². The summed E-state index contributed by atoms with van der Waals surface area (Å²) >= 11 is 0. The highest BCUT2D eigenvalue weighted by atomic mass is 15.0. The first-order chi connectivity index (χ1) is 27.8. The monoisotopic (exact) mass is 713 g/mol. The molecule has 56 heavy (non-hydrogen) atoms. The van der Waals surface area contributed by atoms with Crippen LogP contribution in [0.5, 0.6) is 0 Å². The van der Waals surface area contributed by atoms with E-state index in [9.17, 15) is 0 Å². The van der Waals surface area contributed by atoms with Crippen molar-refractivity contribution in [2.24, 2.45) is 0 Å². The number of hydrogen-bond acceptors (Lipinski definition) is 3. The molecular weight excluding hydrogens is 683 g/mol. The Labute approximate surface area is 322 Å². The van der Waals surface area contributed by atoms with Gasteiger partial charge in [0, 0.05) is 60.6 Å². The third kappa shape index (κ3) is 4.46. The molecule has 0 bridgehead atoms. The summed E-state index contributed by atoms with van der Waals surface area (Å²) in [4.78, 5) is 14.9. The minimum Gasteiger partial charge on any atom is -0.309 e. The highest BCUT2D eigenvalue weighted by Crippen LogP contribution is 2.50. The lowest BCUT2D eigenvalue weighted by atomic mass is 9.91. The molecule has 0 saturated heterocycles. The number of aromatic nitrogens is 5. The molecule has 12 rings (SSSR count). The molecule has 260 valence electrons. The molecule has 0 fully saturated rings. The maximum atomic E-state index is 5.01.